The number of carbonyl (C=O) groups excluding carboxylic acids is 1. The maximum Gasteiger partial charge on any atom is 0.290 e. The molecule has 6 nitrogen and oxygen atoms in total. The number of phenolic OH excluding ortho intramolecular Hbond substituents is 1. The lowest BCUT2D eigenvalue weighted by atomic mass is 9.98. The summed E-state index contributed by atoms with van der Waals surface area (Å²) < 4.78 is 0. The number of pyridine rings is 1. The lowest BCUT2D eigenvalue weighted by Crippen LogP contribution is -2.27. The number of phenols is 1. The highest BCUT2D eigenvalue weighted by atomic mass is 35.5. The summed E-state index contributed by atoms with van der Waals surface area (Å²) in [5.74, 6) is -0.128. The van der Waals surface area contributed by atoms with Gasteiger partial charge in [0.2, 0.25) is 0 Å². The second kappa shape index (κ2) is 8.48. The number of para-hydroxylation sites is 1. The molecule has 2 atom stereocenters. The molecule has 5 rings (SSSR count). The average molecular weight is 445 g/mol. The Bertz CT molecular complexity index is 1250. The first-order chi connectivity index (χ1) is 15.6. The van der Waals surface area contributed by atoms with Crippen LogP contribution in [0.5, 0.6) is 5.75 Å². The summed E-state index contributed by atoms with van der Waals surface area (Å²) in [6.07, 6.45) is 10.6. The largest absolute Gasteiger partial charge is 0.508 e. The quantitative estimate of drug-likeness (QED) is 0.552. The molecule has 3 heterocycles. The van der Waals surface area contributed by atoms with E-state index in [4.69, 9.17) is 11.6 Å². The molecular weight excluding hydrogens is 424 g/mol. The third kappa shape index (κ3) is 3.85. The Hall–Kier alpha value is -3.64. The number of alkyl halides is 1. The van der Waals surface area contributed by atoms with Gasteiger partial charge in [-0.15, -0.1) is 11.6 Å². The second-order valence-corrected chi connectivity index (χ2v) is 8.33. The first-order valence-electron chi connectivity index (χ1n) is 10.4. The van der Waals surface area contributed by atoms with Crippen molar-refractivity contribution in [2.45, 2.75) is 24.3 Å². The number of nitrogens with zero attached hydrogens (tertiary/aromatic N) is 3. The van der Waals surface area contributed by atoms with Crippen LogP contribution in [0.4, 0.5) is 0 Å². The van der Waals surface area contributed by atoms with E-state index in [-0.39, 0.29) is 17.0 Å². The molecule has 1 amide bonds. The molecule has 2 N–H and O–H groups in total. The number of hydrazone groups is 1. The van der Waals surface area contributed by atoms with Gasteiger partial charge in [0.25, 0.3) is 5.91 Å². The second-order valence-electron chi connectivity index (χ2n) is 7.77. The highest BCUT2D eigenvalue weighted by Gasteiger charge is 2.35. The zero-order valence-corrected chi connectivity index (χ0v) is 17.9. The molecule has 0 fully saturated rings. The van der Waals surface area contributed by atoms with E-state index < -0.39 is 6.04 Å². The van der Waals surface area contributed by atoms with E-state index in [0.717, 1.165) is 29.0 Å². The predicted molar refractivity (Wildman–Crippen MR) is 125 cm³/mol. The van der Waals surface area contributed by atoms with Crippen LogP contribution >= 0.6 is 11.6 Å². The molecule has 0 saturated heterocycles. The van der Waals surface area contributed by atoms with Gasteiger partial charge in [-0.1, -0.05) is 42.5 Å². The fourth-order valence-electron chi connectivity index (χ4n) is 4.02. The SMILES string of the molecule is O=C(c1ccc(C2=CCC(Cl)C=C2)[nH]1)N1N=C(c2cccnc2)CC1c1ccccc1O. The van der Waals surface area contributed by atoms with Gasteiger partial charge in [0.1, 0.15) is 11.4 Å². The van der Waals surface area contributed by atoms with Crippen LogP contribution < -0.4 is 0 Å². The number of H-pyrrole nitrogens is 1. The third-order valence-corrected chi connectivity index (χ3v) is 6.01. The van der Waals surface area contributed by atoms with Crippen LogP contribution in [0.3, 0.4) is 0 Å². The molecule has 0 radical (unpaired) electrons. The minimum absolute atomic E-state index is 0.000966. The van der Waals surface area contributed by atoms with Crippen molar-refractivity contribution in [3.05, 3.63) is 102 Å². The van der Waals surface area contributed by atoms with Gasteiger partial charge in [-0.2, -0.15) is 5.10 Å². The van der Waals surface area contributed by atoms with Gasteiger partial charge in [-0.25, -0.2) is 5.01 Å². The molecule has 2 unspecified atom stereocenters. The number of aromatic hydroxyl groups is 1. The summed E-state index contributed by atoms with van der Waals surface area (Å²) >= 11 is 6.12. The maximum absolute atomic E-state index is 13.5. The fraction of sp³-hybridized carbons (Fsp3) is 0.160. The summed E-state index contributed by atoms with van der Waals surface area (Å²) in [7, 11) is 0. The van der Waals surface area contributed by atoms with Gasteiger partial charge in [-0.3, -0.25) is 9.78 Å². The molecule has 32 heavy (non-hydrogen) atoms. The van der Waals surface area contributed by atoms with Crippen LogP contribution in [0.25, 0.3) is 5.57 Å². The number of hydrogen-bond acceptors (Lipinski definition) is 4. The number of hydrogen-bond donors (Lipinski definition) is 2. The average Bonchev–Trinajstić information content (AvgIpc) is 3.48. The molecule has 2 aromatic heterocycles. The Morgan fingerprint density at radius 1 is 1.16 bits per heavy atom. The van der Waals surface area contributed by atoms with Crippen LogP contribution in [0.1, 0.15) is 46.2 Å². The van der Waals surface area contributed by atoms with E-state index in [1.54, 1.807) is 30.6 Å². The number of nitrogens with one attached hydrogen (secondary N) is 1. The van der Waals surface area contributed by atoms with Crippen LogP contribution in [-0.4, -0.2) is 37.1 Å². The van der Waals surface area contributed by atoms with E-state index in [9.17, 15) is 9.90 Å². The Labute approximate surface area is 190 Å². The minimum Gasteiger partial charge on any atom is -0.508 e. The van der Waals surface area contributed by atoms with E-state index >= 15 is 0 Å². The van der Waals surface area contributed by atoms with E-state index in [1.807, 2.05) is 42.5 Å². The molecule has 2 aliphatic rings. The van der Waals surface area contributed by atoms with Crippen molar-refractivity contribution < 1.29 is 9.90 Å². The standard InChI is InChI=1S/C25H21ClN4O2/c26-18-9-7-16(8-10-18)20-11-12-21(28-20)25(32)30-23(19-5-1-2-6-24(19)31)14-22(29-30)17-4-3-13-27-15-17/h1-9,11-13,15,18,23,28,31H,10,14H2. The number of halogens is 1. The highest BCUT2D eigenvalue weighted by Crippen LogP contribution is 2.37. The summed E-state index contributed by atoms with van der Waals surface area (Å²) in [4.78, 5) is 20.9. The predicted octanol–water partition coefficient (Wildman–Crippen LogP) is 5.06. The van der Waals surface area contributed by atoms with Crippen molar-refractivity contribution in [3.63, 3.8) is 0 Å². The van der Waals surface area contributed by atoms with Crippen molar-refractivity contribution >= 4 is 28.8 Å². The molecular formula is C25H21ClN4O2. The third-order valence-electron chi connectivity index (χ3n) is 5.68. The Morgan fingerprint density at radius 2 is 2.03 bits per heavy atom. The van der Waals surface area contributed by atoms with Gasteiger partial charge in [0.05, 0.1) is 17.1 Å². The van der Waals surface area contributed by atoms with Crippen molar-refractivity contribution in [1.82, 2.24) is 15.0 Å². The molecule has 160 valence electrons. The monoisotopic (exact) mass is 444 g/mol. The molecule has 7 heteroatoms. The van der Waals surface area contributed by atoms with Crippen LogP contribution in [-0.2, 0) is 0 Å². The summed E-state index contributed by atoms with van der Waals surface area (Å²) in [5, 5.41) is 16.6. The van der Waals surface area contributed by atoms with Gasteiger partial charge in [0, 0.05) is 35.6 Å². The van der Waals surface area contributed by atoms with Crippen molar-refractivity contribution in [2.24, 2.45) is 5.10 Å². The summed E-state index contributed by atoms with van der Waals surface area (Å²) in [6, 6.07) is 14.0. The number of aromatic nitrogens is 2. The molecule has 3 aromatic rings. The number of rotatable bonds is 4. The molecule has 1 aliphatic heterocycles. The van der Waals surface area contributed by atoms with Crippen LogP contribution in [0, 0.1) is 0 Å². The number of benzene rings is 1. The number of aromatic amines is 1. The van der Waals surface area contributed by atoms with E-state index in [1.165, 1.54) is 5.01 Å². The topological polar surface area (TPSA) is 81.6 Å². The Morgan fingerprint density at radius 3 is 2.78 bits per heavy atom. The molecule has 0 bridgehead atoms. The first-order valence-corrected chi connectivity index (χ1v) is 10.8. The molecule has 1 aromatic carbocycles. The Balaban J connectivity index is 1.48. The van der Waals surface area contributed by atoms with Crippen molar-refractivity contribution in [2.75, 3.05) is 0 Å². The van der Waals surface area contributed by atoms with E-state index in [2.05, 4.69) is 21.1 Å². The normalized spacial score (nSPS) is 20.2. The number of amides is 1. The smallest absolute Gasteiger partial charge is 0.290 e. The lowest BCUT2D eigenvalue weighted by molar-refractivity contribution is 0.0704. The van der Waals surface area contributed by atoms with Gasteiger partial charge < -0.3 is 10.1 Å². The van der Waals surface area contributed by atoms with Gasteiger partial charge in [0.15, 0.2) is 0 Å². The highest BCUT2D eigenvalue weighted by molar-refractivity contribution is 6.22. The first kappa shape index (κ1) is 20.3. The zero-order chi connectivity index (χ0) is 22.1. The molecule has 1 aliphatic carbocycles. The number of allylic oxidation sites excluding steroid dienone is 4. The maximum atomic E-state index is 13.5. The Kier molecular flexibility index (Phi) is 5.37. The molecule has 0 spiro atoms. The van der Waals surface area contributed by atoms with Crippen molar-refractivity contribution in [1.29, 1.82) is 0 Å². The summed E-state index contributed by atoms with van der Waals surface area (Å²) in [5.41, 5.74) is 4.53. The van der Waals surface area contributed by atoms with Gasteiger partial charge >= 0.3 is 0 Å². The lowest BCUT2D eigenvalue weighted by Gasteiger charge is -2.22. The summed E-state index contributed by atoms with van der Waals surface area (Å²) in [6.45, 7) is 0. The van der Waals surface area contributed by atoms with Crippen molar-refractivity contribution in [3.8, 4) is 5.75 Å². The minimum atomic E-state index is -0.420. The molecule has 0 saturated carbocycles. The van der Waals surface area contributed by atoms with Gasteiger partial charge in [-0.05, 0) is 36.3 Å². The van der Waals surface area contributed by atoms with Crippen LogP contribution in [0.15, 0.2) is 84.3 Å². The van der Waals surface area contributed by atoms with E-state index in [0.29, 0.717) is 17.7 Å². The fourth-order valence-corrected chi connectivity index (χ4v) is 4.18. The number of carbonyl (C=O) groups is 1. The zero-order valence-electron chi connectivity index (χ0n) is 17.1. The van der Waals surface area contributed by atoms with Crippen LogP contribution in [0.2, 0.25) is 0 Å².